The summed E-state index contributed by atoms with van der Waals surface area (Å²) in [6, 6.07) is 19.7. The van der Waals surface area contributed by atoms with Crippen molar-refractivity contribution in [2.75, 3.05) is 0 Å². The first-order valence-corrected chi connectivity index (χ1v) is 11.0. The van der Waals surface area contributed by atoms with Crippen LogP contribution in [0.4, 0.5) is 0 Å². The highest BCUT2D eigenvalue weighted by Gasteiger charge is 2.53. The lowest BCUT2D eigenvalue weighted by Gasteiger charge is -2.38. The molecule has 122 valence electrons. The Morgan fingerprint density at radius 1 is 0.870 bits per heavy atom. The van der Waals surface area contributed by atoms with Crippen LogP contribution in [0.5, 0.6) is 0 Å². The van der Waals surface area contributed by atoms with Gasteiger partial charge in [-0.3, -0.25) is 0 Å². The van der Waals surface area contributed by atoms with Crippen LogP contribution in [0.3, 0.4) is 0 Å². The quantitative estimate of drug-likeness (QED) is 0.654. The maximum absolute atomic E-state index is 7.05. The van der Waals surface area contributed by atoms with Crippen molar-refractivity contribution >= 4 is 13.5 Å². The minimum atomic E-state index is -2.01. The smallest absolute Gasteiger partial charge is 0.231 e. The second-order valence-corrected chi connectivity index (χ2v) is 11.2. The van der Waals surface area contributed by atoms with Gasteiger partial charge in [0.25, 0.3) is 0 Å². The summed E-state index contributed by atoms with van der Waals surface area (Å²) >= 11 is 0. The molecule has 2 heteroatoms. The standard InChI is InChI=1S/C21H28OSi/c1-5-16(3)23(17(4)6-2)20-15-11-10-14-19(20)21(22-23)18-12-8-7-9-13-18/h7-17,21H,5-6H2,1-4H3. The van der Waals surface area contributed by atoms with E-state index < -0.39 is 8.32 Å². The number of rotatable bonds is 5. The topological polar surface area (TPSA) is 9.23 Å². The fraction of sp³-hybridized carbons (Fsp3) is 0.429. The van der Waals surface area contributed by atoms with Crippen LogP contribution in [0.1, 0.15) is 57.8 Å². The molecule has 0 amide bonds. The van der Waals surface area contributed by atoms with Crippen LogP contribution >= 0.6 is 0 Å². The van der Waals surface area contributed by atoms with E-state index in [-0.39, 0.29) is 6.10 Å². The van der Waals surface area contributed by atoms with Gasteiger partial charge in [-0.05, 0) is 27.4 Å². The van der Waals surface area contributed by atoms with Crippen molar-refractivity contribution in [1.82, 2.24) is 0 Å². The van der Waals surface area contributed by atoms with Gasteiger partial charge < -0.3 is 4.43 Å². The van der Waals surface area contributed by atoms with Crippen LogP contribution < -0.4 is 5.19 Å². The predicted octanol–water partition coefficient (Wildman–Crippen LogP) is 5.56. The SMILES string of the molecule is CCC(C)[Si]1(C(C)CC)OC(c2ccccc2)c2ccccc21. The van der Waals surface area contributed by atoms with Gasteiger partial charge in [0.15, 0.2) is 0 Å². The Bertz CT molecular complexity index is 642. The fourth-order valence-corrected chi connectivity index (χ4v) is 9.65. The lowest BCUT2D eigenvalue weighted by atomic mass is 10.0. The number of hydrogen-bond donors (Lipinski definition) is 0. The van der Waals surface area contributed by atoms with E-state index in [1.165, 1.54) is 29.2 Å². The average Bonchev–Trinajstić information content (AvgIpc) is 2.97. The second-order valence-electron chi connectivity index (χ2n) is 6.91. The summed E-state index contributed by atoms with van der Waals surface area (Å²) in [7, 11) is -2.01. The Morgan fingerprint density at radius 2 is 1.43 bits per heavy atom. The molecule has 0 saturated carbocycles. The van der Waals surface area contributed by atoms with E-state index in [2.05, 4.69) is 82.3 Å². The third kappa shape index (κ3) is 2.58. The number of benzene rings is 2. The summed E-state index contributed by atoms with van der Waals surface area (Å²) in [5, 5.41) is 1.54. The summed E-state index contributed by atoms with van der Waals surface area (Å²) in [4.78, 5) is 0. The van der Waals surface area contributed by atoms with Crippen LogP contribution in [-0.2, 0) is 4.43 Å². The highest BCUT2D eigenvalue weighted by Crippen LogP contribution is 2.47. The largest absolute Gasteiger partial charge is 0.401 e. The van der Waals surface area contributed by atoms with Crippen LogP contribution in [0.2, 0.25) is 11.1 Å². The Hall–Kier alpha value is -1.38. The molecule has 0 aliphatic carbocycles. The van der Waals surface area contributed by atoms with Gasteiger partial charge in [-0.1, -0.05) is 95.1 Å². The molecule has 2 aromatic rings. The van der Waals surface area contributed by atoms with Crippen molar-refractivity contribution in [3.63, 3.8) is 0 Å². The molecular formula is C21H28OSi. The highest BCUT2D eigenvalue weighted by atomic mass is 28.4. The van der Waals surface area contributed by atoms with E-state index in [9.17, 15) is 0 Å². The molecule has 3 rings (SSSR count). The Balaban J connectivity index is 2.16. The van der Waals surface area contributed by atoms with Crippen molar-refractivity contribution < 1.29 is 4.43 Å². The van der Waals surface area contributed by atoms with Gasteiger partial charge in [0.2, 0.25) is 8.32 Å². The molecule has 1 aliphatic heterocycles. The molecule has 0 saturated heterocycles. The molecule has 2 aromatic carbocycles. The maximum atomic E-state index is 7.05. The van der Waals surface area contributed by atoms with Crippen molar-refractivity contribution in [3.8, 4) is 0 Å². The molecule has 3 unspecified atom stereocenters. The number of hydrogen-bond acceptors (Lipinski definition) is 1. The summed E-state index contributed by atoms with van der Waals surface area (Å²) < 4.78 is 7.05. The molecule has 0 fully saturated rings. The minimum absolute atomic E-state index is 0.113. The highest BCUT2D eigenvalue weighted by molar-refractivity contribution is 6.90. The summed E-state index contributed by atoms with van der Waals surface area (Å²) in [6.07, 6.45) is 2.49. The Labute approximate surface area is 141 Å². The van der Waals surface area contributed by atoms with Crippen molar-refractivity contribution in [3.05, 3.63) is 65.7 Å². The molecule has 0 radical (unpaired) electrons. The zero-order valence-electron chi connectivity index (χ0n) is 14.8. The lowest BCUT2D eigenvalue weighted by molar-refractivity contribution is 0.239. The Morgan fingerprint density at radius 3 is 2.04 bits per heavy atom. The van der Waals surface area contributed by atoms with Crippen molar-refractivity contribution in [2.45, 2.75) is 57.7 Å². The van der Waals surface area contributed by atoms with Crippen LogP contribution in [0.15, 0.2) is 54.6 Å². The third-order valence-corrected chi connectivity index (χ3v) is 11.4. The average molecular weight is 325 g/mol. The first-order valence-electron chi connectivity index (χ1n) is 8.97. The third-order valence-electron chi connectivity index (χ3n) is 5.77. The summed E-state index contributed by atoms with van der Waals surface area (Å²) in [5.41, 5.74) is 3.96. The van der Waals surface area contributed by atoms with E-state index in [4.69, 9.17) is 4.43 Å². The van der Waals surface area contributed by atoms with E-state index in [1.54, 1.807) is 0 Å². The van der Waals surface area contributed by atoms with Crippen molar-refractivity contribution in [1.29, 1.82) is 0 Å². The predicted molar refractivity (Wildman–Crippen MR) is 101 cm³/mol. The summed E-state index contributed by atoms with van der Waals surface area (Å²) in [6.45, 7) is 9.43. The van der Waals surface area contributed by atoms with Crippen LogP contribution in [0.25, 0.3) is 0 Å². The van der Waals surface area contributed by atoms with Gasteiger partial charge >= 0.3 is 0 Å². The number of fused-ring (bicyclic) bond motifs is 1. The zero-order chi connectivity index (χ0) is 16.4. The van der Waals surface area contributed by atoms with E-state index >= 15 is 0 Å². The molecule has 1 aliphatic rings. The van der Waals surface area contributed by atoms with Gasteiger partial charge in [0.05, 0.1) is 6.10 Å². The monoisotopic (exact) mass is 324 g/mol. The fourth-order valence-electron chi connectivity index (χ4n) is 4.13. The minimum Gasteiger partial charge on any atom is -0.401 e. The van der Waals surface area contributed by atoms with Crippen LogP contribution in [0, 0.1) is 0 Å². The Kier molecular flexibility index (Phi) is 4.74. The molecule has 0 spiro atoms. The molecular weight excluding hydrogens is 296 g/mol. The summed E-state index contributed by atoms with van der Waals surface area (Å²) in [5.74, 6) is 0. The molecule has 1 nitrogen and oxygen atoms in total. The maximum Gasteiger partial charge on any atom is 0.231 e. The second kappa shape index (κ2) is 6.62. The zero-order valence-corrected chi connectivity index (χ0v) is 15.8. The van der Waals surface area contributed by atoms with Gasteiger partial charge in [-0.2, -0.15) is 0 Å². The lowest BCUT2D eigenvalue weighted by Crippen LogP contribution is -2.53. The first kappa shape index (κ1) is 16.5. The van der Waals surface area contributed by atoms with E-state index in [0.717, 1.165) is 0 Å². The molecule has 1 heterocycles. The molecule has 0 aromatic heterocycles. The molecule has 3 atom stereocenters. The van der Waals surface area contributed by atoms with Gasteiger partial charge in [0, 0.05) is 0 Å². The van der Waals surface area contributed by atoms with Gasteiger partial charge in [-0.25, -0.2) is 0 Å². The normalized spacial score (nSPS) is 25.8. The van der Waals surface area contributed by atoms with Crippen LogP contribution in [-0.4, -0.2) is 8.32 Å². The van der Waals surface area contributed by atoms with E-state index in [0.29, 0.717) is 11.1 Å². The molecule has 23 heavy (non-hydrogen) atoms. The first-order chi connectivity index (χ1) is 11.1. The van der Waals surface area contributed by atoms with Gasteiger partial charge in [-0.15, -0.1) is 0 Å². The van der Waals surface area contributed by atoms with Gasteiger partial charge in [0.1, 0.15) is 0 Å². The van der Waals surface area contributed by atoms with Crippen molar-refractivity contribution in [2.24, 2.45) is 0 Å². The molecule has 0 N–H and O–H groups in total. The van der Waals surface area contributed by atoms with E-state index in [1.807, 2.05) is 0 Å². The molecule has 0 bridgehead atoms.